The third-order valence-corrected chi connectivity index (χ3v) is 2.03. The summed E-state index contributed by atoms with van der Waals surface area (Å²) in [5.41, 5.74) is 0.394. The number of hydrogen-bond acceptors (Lipinski definition) is 3. The molecule has 0 atom stereocenters. The molecule has 0 spiro atoms. The van der Waals surface area contributed by atoms with E-state index < -0.39 is 0 Å². The van der Waals surface area contributed by atoms with Crippen LogP contribution in [0.3, 0.4) is 0 Å². The van der Waals surface area contributed by atoms with E-state index in [0.717, 1.165) is 0 Å². The van der Waals surface area contributed by atoms with Gasteiger partial charge in [0.1, 0.15) is 5.75 Å². The maximum Gasteiger partial charge on any atom is 0.254 e. The maximum absolute atomic E-state index is 11.2. The van der Waals surface area contributed by atoms with Crippen LogP contribution < -0.4 is 5.56 Å². The Balaban J connectivity index is 3.06. The predicted molar refractivity (Wildman–Crippen MR) is 48.6 cm³/mol. The van der Waals surface area contributed by atoms with Crippen molar-refractivity contribution in [1.29, 1.82) is 0 Å². The summed E-state index contributed by atoms with van der Waals surface area (Å²) in [6.07, 6.45) is 3.13. The Kier molecular flexibility index (Phi) is 1.55. The van der Waals surface area contributed by atoms with Gasteiger partial charge in [-0.15, -0.1) is 0 Å². The summed E-state index contributed by atoms with van der Waals surface area (Å²) in [5, 5.41) is 10.1. The molecule has 66 valence electrons. The number of aryl methyl sites for hydroxylation is 1. The molecular formula is C9H8N2O2. The van der Waals surface area contributed by atoms with Crippen molar-refractivity contribution in [3.63, 3.8) is 0 Å². The second kappa shape index (κ2) is 2.58. The average molecular weight is 176 g/mol. The molecule has 0 saturated carbocycles. The lowest BCUT2D eigenvalue weighted by atomic mass is 10.2. The van der Waals surface area contributed by atoms with Crippen LogP contribution in [0.1, 0.15) is 0 Å². The number of nitrogens with zero attached hydrogens (tertiary/aromatic N) is 2. The van der Waals surface area contributed by atoms with Gasteiger partial charge in [0.2, 0.25) is 0 Å². The molecule has 0 amide bonds. The Labute approximate surface area is 74.1 Å². The Morgan fingerprint density at radius 3 is 3.08 bits per heavy atom. The van der Waals surface area contributed by atoms with Crippen LogP contribution in [-0.4, -0.2) is 14.7 Å². The maximum atomic E-state index is 11.2. The molecular weight excluding hydrogens is 168 g/mol. The smallest absolute Gasteiger partial charge is 0.254 e. The second-order valence-corrected chi connectivity index (χ2v) is 2.82. The minimum Gasteiger partial charge on any atom is -0.507 e. The van der Waals surface area contributed by atoms with Crippen LogP contribution in [0, 0.1) is 0 Å². The third-order valence-electron chi connectivity index (χ3n) is 2.03. The van der Waals surface area contributed by atoms with Crippen molar-refractivity contribution >= 4 is 10.9 Å². The van der Waals surface area contributed by atoms with Gasteiger partial charge < -0.3 is 9.67 Å². The second-order valence-electron chi connectivity index (χ2n) is 2.82. The lowest BCUT2D eigenvalue weighted by Crippen LogP contribution is -2.15. The van der Waals surface area contributed by atoms with Crippen molar-refractivity contribution in [3.05, 3.63) is 34.9 Å². The van der Waals surface area contributed by atoms with Crippen LogP contribution >= 0.6 is 0 Å². The van der Waals surface area contributed by atoms with Gasteiger partial charge in [0.15, 0.2) is 0 Å². The van der Waals surface area contributed by atoms with E-state index in [1.807, 2.05) is 0 Å². The lowest BCUT2D eigenvalue weighted by molar-refractivity contribution is 0.479. The van der Waals surface area contributed by atoms with E-state index in [2.05, 4.69) is 4.98 Å². The summed E-state index contributed by atoms with van der Waals surface area (Å²) in [4.78, 5) is 15.1. The first-order valence-corrected chi connectivity index (χ1v) is 3.83. The van der Waals surface area contributed by atoms with E-state index in [0.29, 0.717) is 10.9 Å². The number of fused-ring (bicyclic) bond motifs is 1. The number of pyridine rings is 2. The zero-order valence-electron chi connectivity index (χ0n) is 7.06. The van der Waals surface area contributed by atoms with Gasteiger partial charge in [0, 0.05) is 24.7 Å². The summed E-state index contributed by atoms with van der Waals surface area (Å²) in [7, 11) is 1.64. The summed E-state index contributed by atoms with van der Waals surface area (Å²) in [5.74, 6) is 0.000463. The van der Waals surface area contributed by atoms with Crippen molar-refractivity contribution < 1.29 is 5.11 Å². The van der Waals surface area contributed by atoms with Gasteiger partial charge in [-0.3, -0.25) is 9.78 Å². The van der Waals surface area contributed by atoms with Gasteiger partial charge >= 0.3 is 0 Å². The van der Waals surface area contributed by atoms with Crippen LogP contribution in [0.4, 0.5) is 0 Å². The molecule has 0 aliphatic rings. The van der Waals surface area contributed by atoms with Crippen molar-refractivity contribution in [3.8, 4) is 5.75 Å². The molecule has 4 heteroatoms. The highest BCUT2D eigenvalue weighted by molar-refractivity contribution is 5.83. The molecule has 2 rings (SSSR count). The van der Waals surface area contributed by atoms with Gasteiger partial charge in [-0.1, -0.05) is 0 Å². The monoisotopic (exact) mass is 176 g/mol. The Hall–Kier alpha value is -1.84. The van der Waals surface area contributed by atoms with Gasteiger partial charge in [-0.25, -0.2) is 0 Å². The first-order chi connectivity index (χ1) is 6.20. The number of hydrogen-bond donors (Lipinski definition) is 1. The molecule has 2 heterocycles. The van der Waals surface area contributed by atoms with Crippen molar-refractivity contribution in [2.75, 3.05) is 0 Å². The number of rotatable bonds is 0. The molecule has 0 radical (unpaired) electrons. The average Bonchev–Trinajstić information content (AvgIpc) is 2.15. The molecule has 4 nitrogen and oxygen atoms in total. The highest BCUT2D eigenvalue weighted by Gasteiger charge is 2.03. The minimum atomic E-state index is -0.238. The Bertz CT molecular complexity index is 516. The van der Waals surface area contributed by atoms with Gasteiger partial charge in [-0.2, -0.15) is 0 Å². The molecule has 0 fully saturated rings. The zero-order chi connectivity index (χ0) is 9.42. The number of aromatic nitrogens is 2. The van der Waals surface area contributed by atoms with E-state index in [-0.39, 0.29) is 11.3 Å². The summed E-state index contributed by atoms with van der Waals surface area (Å²) >= 11 is 0. The van der Waals surface area contributed by atoms with E-state index in [9.17, 15) is 9.90 Å². The zero-order valence-corrected chi connectivity index (χ0v) is 7.06. The van der Waals surface area contributed by atoms with Gasteiger partial charge in [0.05, 0.1) is 11.7 Å². The van der Waals surface area contributed by atoms with Crippen LogP contribution in [0.25, 0.3) is 10.9 Å². The van der Waals surface area contributed by atoms with Crippen LogP contribution in [0.5, 0.6) is 5.75 Å². The SMILES string of the molecule is Cn1c(=O)cc(O)c2ccncc21. The molecule has 2 aromatic rings. The molecule has 0 unspecified atom stereocenters. The first kappa shape index (κ1) is 7.79. The minimum absolute atomic E-state index is 0.000463. The molecule has 0 aromatic carbocycles. The van der Waals surface area contributed by atoms with Gasteiger partial charge in [-0.05, 0) is 6.07 Å². The molecule has 0 aliphatic heterocycles. The highest BCUT2D eigenvalue weighted by atomic mass is 16.3. The van der Waals surface area contributed by atoms with Crippen molar-refractivity contribution in [2.24, 2.45) is 7.05 Å². The fourth-order valence-electron chi connectivity index (χ4n) is 1.28. The fraction of sp³-hybridized carbons (Fsp3) is 0.111. The first-order valence-electron chi connectivity index (χ1n) is 3.83. The highest BCUT2D eigenvalue weighted by Crippen LogP contribution is 2.19. The molecule has 0 saturated heterocycles. The Morgan fingerprint density at radius 1 is 1.54 bits per heavy atom. The predicted octanol–water partition coefficient (Wildman–Crippen LogP) is 0.639. The van der Waals surface area contributed by atoms with E-state index in [1.165, 1.54) is 10.6 Å². The third kappa shape index (κ3) is 1.07. The normalized spacial score (nSPS) is 10.5. The summed E-state index contributed by atoms with van der Waals surface area (Å²) in [6, 6.07) is 2.87. The Morgan fingerprint density at radius 2 is 2.31 bits per heavy atom. The van der Waals surface area contributed by atoms with Crippen molar-refractivity contribution in [2.45, 2.75) is 0 Å². The molecule has 0 aliphatic carbocycles. The largest absolute Gasteiger partial charge is 0.507 e. The molecule has 13 heavy (non-hydrogen) atoms. The van der Waals surface area contributed by atoms with Crippen LogP contribution in [-0.2, 0) is 7.05 Å². The molecule has 2 aromatic heterocycles. The molecule has 0 bridgehead atoms. The standard InChI is InChI=1S/C9H8N2O2/c1-11-7-5-10-3-2-6(7)8(12)4-9(11)13/h2-5,12H,1H3. The van der Waals surface area contributed by atoms with E-state index >= 15 is 0 Å². The van der Waals surface area contributed by atoms with Crippen LogP contribution in [0.15, 0.2) is 29.3 Å². The molecule has 1 N–H and O–H groups in total. The number of aromatic hydroxyl groups is 1. The van der Waals surface area contributed by atoms with Gasteiger partial charge in [0.25, 0.3) is 5.56 Å². The van der Waals surface area contributed by atoms with Crippen LogP contribution in [0.2, 0.25) is 0 Å². The van der Waals surface area contributed by atoms with E-state index in [1.54, 1.807) is 25.5 Å². The topological polar surface area (TPSA) is 55.1 Å². The van der Waals surface area contributed by atoms with E-state index in [4.69, 9.17) is 0 Å². The summed E-state index contributed by atoms with van der Waals surface area (Å²) in [6.45, 7) is 0. The fourth-order valence-corrected chi connectivity index (χ4v) is 1.28. The quantitative estimate of drug-likeness (QED) is 0.640. The lowest BCUT2D eigenvalue weighted by Gasteiger charge is -2.04. The van der Waals surface area contributed by atoms with Crippen molar-refractivity contribution in [1.82, 2.24) is 9.55 Å². The summed E-state index contributed by atoms with van der Waals surface area (Å²) < 4.78 is 1.45.